The van der Waals surface area contributed by atoms with Crippen LogP contribution in [0.1, 0.15) is 10.4 Å². The Morgan fingerprint density at radius 2 is 1.78 bits per heavy atom. The molecular weight excluding hydrogens is 372 g/mol. The van der Waals surface area contributed by atoms with E-state index in [1.807, 2.05) is 24.3 Å². The molecule has 0 saturated carbocycles. The fourth-order valence-electron chi connectivity index (χ4n) is 2.48. The molecule has 3 aromatic rings. The minimum atomic E-state index is -0.699. The lowest BCUT2D eigenvalue weighted by Gasteiger charge is -2.08. The Labute approximate surface area is 158 Å². The summed E-state index contributed by atoms with van der Waals surface area (Å²) in [4.78, 5) is 34.5. The highest BCUT2D eigenvalue weighted by molar-refractivity contribution is 6.31. The average Bonchev–Trinajstić information content (AvgIpc) is 2.67. The van der Waals surface area contributed by atoms with Gasteiger partial charge < -0.3 is 10.1 Å². The van der Waals surface area contributed by atoms with Gasteiger partial charge in [-0.25, -0.2) is 4.79 Å². The van der Waals surface area contributed by atoms with Gasteiger partial charge in [0.15, 0.2) is 6.61 Å². The Kier molecular flexibility index (Phi) is 5.33. The number of nitro groups is 1. The summed E-state index contributed by atoms with van der Waals surface area (Å²) in [7, 11) is 0. The number of esters is 1. The van der Waals surface area contributed by atoms with Gasteiger partial charge in [0.25, 0.3) is 11.6 Å². The van der Waals surface area contributed by atoms with E-state index in [0.29, 0.717) is 5.56 Å². The number of nitrogens with zero attached hydrogens (tertiary/aromatic N) is 1. The van der Waals surface area contributed by atoms with Crippen molar-refractivity contribution in [1.29, 1.82) is 0 Å². The van der Waals surface area contributed by atoms with Gasteiger partial charge in [-0.15, -0.1) is 0 Å². The van der Waals surface area contributed by atoms with Crippen molar-refractivity contribution >= 4 is 45.6 Å². The van der Waals surface area contributed by atoms with E-state index >= 15 is 0 Å². The lowest BCUT2D eigenvalue weighted by molar-refractivity contribution is -0.383. The molecule has 0 aliphatic heterocycles. The number of benzene rings is 3. The number of hydrogen-bond acceptors (Lipinski definition) is 5. The molecular formula is C19H13ClN2O5. The number of carbonyl (C=O) groups is 2. The molecule has 136 valence electrons. The molecule has 7 nitrogen and oxygen atoms in total. The van der Waals surface area contributed by atoms with Gasteiger partial charge in [-0.2, -0.15) is 0 Å². The third-order valence-electron chi connectivity index (χ3n) is 3.75. The number of ether oxygens (including phenoxy) is 1. The number of hydrogen-bond donors (Lipinski definition) is 1. The predicted molar refractivity (Wildman–Crippen MR) is 101 cm³/mol. The highest BCUT2D eigenvalue weighted by atomic mass is 35.5. The normalized spacial score (nSPS) is 10.4. The summed E-state index contributed by atoms with van der Waals surface area (Å²) in [6.07, 6.45) is 0. The topological polar surface area (TPSA) is 98.5 Å². The van der Waals surface area contributed by atoms with Crippen LogP contribution < -0.4 is 5.32 Å². The fraction of sp³-hybridized carbons (Fsp3) is 0.0526. The molecule has 8 heteroatoms. The summed E-state index contributed by atoms with van der Waals surface area (Å²) in [5.74, 6) is -1.36. The average molecular weight is 385 g/mol. The monoisotopic (exact) mass is 384 g/mol. The van der Waals surface area contributed by atoms with Crippen molar-refractivity contribution in [2.75, 3.05) is 11.9 Å². The van der Waals surface area contributed by atoms with E-state index in [2.05, 4.69) is 5.32 Å². The Bertz CT molecular complexity index is 1050. The second kappa shape index (κ2) is 7.84. The van der Waals surface area contributed by atoms with E-state index in [1.54, 1.807) is 18.2 Å². The molecule has 0 bridgehead atoms. The van der Waals surface area contributed by atoms with Crippen LogP contribution in [-0.4, -0.2) is 23.4 Å². The standard InChI is InChI=1S/C19H13ClN2O5/c20-15-7-8-16(17(10-15)22(25)26)21-18(23)11-27-19(24)14-6-5-12-3-1-2-4-13(12)9-14/h1-10H,11H2,(H,21,23). The molecule has 1 amide bonds. The van der Waals surface area contributed by atoms with Crippen LogP contribution >= 0.6 is 11.6 Å². The summed E-state index contributed by atoms with van der Waals surface area (Å²) < 4.78 is 4.99. The summed E-state index contributed by atoms with van der Waals surface area (Å²) in [5, 5.41) is 15.4. The number of nitro benzene ring substituents is 1. The third-order valence-corrected chi connectivity index (χ3v) is 3.99. The van der Waals surface area contributed by atoms with Crippen LogP contribution in [0.4, 0.5) is 11.4 Å². The SMILES string of the molecule is O=C(COC(=O)c1ccc2ccccc2c1)Nc1ccc(Cl)cc1[N+](=O)[O-]. The second-order valence-electron chi connectivity index (χ2n) is 5.60. The fourth-order valence-corrected chi connectivity index (χ4v) is 2.64. The van der Waals surface area contributed by atoms with Gasteiger partial charge in [-0.05, 0) is 35.0 Å². The van der Waals surface area contributed by atoms with E-state index in [1.165, 1.54) is 12.1 Å². The maximum atomic E-state index is 12.1. The van der Waals surface area contributed by atoms with Crippen LogP contribution in [0.15, 0.2) is 60.7 Å². The summed E-state index contributed by atoms with van der Waals surface area (Å²) >= 11 is 5.72. The minimum absolute atomic E-state index is 0.0313. The van der Waals surface area contributed by atoms with Crippen molar-refractivity contribution in [2.45, 2.75) is 0 Å². The molecule has 0 saturated heterocycles. The molecule has 3 aromatic carbocycles. The first-order valence-electron chi connectivity index (χ1n) is 7.84. The largest absolute Gasteiger partial charge is 0.452 e. The Morgan fingerprint density at radius 1 is 1.04 bits per heavy atom. The van der Waals surface area contributed by atoms with Gasteiger partial charge in [-0.1, -0.05) is 41.9 Å². The highest BCUT2D eigenvalue weighted by Gasteiger charge is 2.17. The Balaban J connectivity index is 1.65. The smallest absolute Gasteiger partial charge is 0.338 e. The molecule has 0 aliphatic rings. The zero-order valence-electron chi connectivity index (χ0n) is 13.8. The van der Waals surface area contributed by atoms with Crippen LogP contribution in [0.2, 0.25) is 5.02 Å². The molecule has 0 fully saturated rings. The van der Waals surface area contributed by atoms with Crippen molar-refractivity contribution in [3.05, 3.63) is 81.4 Å². The molecule has 27 heavy (non-hydrogen) atoms. The molecule has 0 aliphatic carbocycles. The van der Waals surface area contributed by atoms with Gasteiger partial charge in [0.05, 0.1) is 10.5 Å². The number of carbonyl (C=O) groups excluding carboxylic acids is 2. The van der Waals surface area contributed by atoms with Crippen molar-refractivity contribution in [3.8, 4) is 0 Å². The van der Waals surface area contributed by atoms with Crippen molar-refractivity contribution < 1.29 is 19.2 Å². The minimum Gasteiger partial charge on any atom is -0.452 e. The molecule has 0 radical (unpaired) electrons. The van der Waals surface area contributed by atoms with Crippen LogP contribution in [0.3, 0.4) is 0 Å². The number of fused-ring (bicyclic) bond motifs is 1. The molecule has 0 heterocycles. The van der Waals surface area contributed by atoms with Crippen molar-refractivity contribution in [3.63, 3.8) is 0 Å². The van der Waals surface area contributed by atoms with E-state index in [-0.39, 0.29) is 16.4 Å². The van der Waals surface area contributed by atoms with E-state index < -0.39 is 23.4 Å². The Morgan fingerprint density at radius 3 is 2.52 bits per heavy atom. The number of rotatable bonds is 5. The lowest BCUT2D eigenvalue weighted by Crippen LogP contribution is -2.21. The molecule has 1 N–H and O–H groups in total. The molecule has 0 unspecified atom stereocenters. The first kappa shape index (κ1) is 18.3. The van der Waals surface area contributed by atoms with Gasteiger partial charge in [-0.3, -0.25) is 14.9 Å². The molecule has 0 spiro atoms. The molecule has 0 atom stereocenters. The van der Waals surface area contributed by atoms with Gasteiger partial charge in [0.1, 0.15) is 5.69 Å². The number of amides is 1. The third kappa shape index (κ3) is 4.39. The van der Waals surface area contributed by atoms with E-state index in [0.717, 1.165) is 16.8 Å². The predicted octanol–water partition coefficient (Wildman–Crippen LogP) is 4.20. The lowest BCUT2D eigenvalue weighted by atomic mass is 10.1. The Hall–Kier alpha value is -3.45. The van der Waals surface area contributed by atoms with Gasteiger partial charge in [0, 0.05) is 11.1 Å². The van der Waals surface area contributed by atoms with Crippen LogP contribution in [0.25, 0.3) is 10.8 Å². The quantitative estimate of drug-likeness (QED) is 0.404. The summed E-state index contributed by atoms with van der Waals surface area (Å²) in [5.41, 5.74) is -0.0770. The highest BCUT2D eigenvalue weighted by Crippen LogP contribution is 2.27. The number of nitrogens with one attached hydrogen (secondary N) is 1. The zero-order chi connectivity index (χ0) is 19.4. The number of anilines is 1. The maximum absolute atomic E-state index is 12.1. The maximum Gasteiger partial charge on any atom is 0.338 e. The zero-order valence-corrected chi connectivity index (χ0v) is 14.6. The van der Waals surface area contributed by atoms with E-state index in [9.17, 15) is 19.7 Å². The molecule has 0 aromatic heterocycles. The van der Waals surface area contributed by atoms with E-state index in [4.69, 9.17) is 16.3 Å². The number of halogens is 1. The van der Waals surface area contributed by atoms with Crippen LogP contribution in [0.5, 0.6) is 0 Å². The molecule has 3 rings (SSSR count). The summed E-state index contributed by atoms with van der Waals surface area (Å²) in [6.45, 7) is -0.578. The van der Waals surface area contributed by atoms with Crippen molar-refractivity contribution in [1.82, 2.24) is 0 Å². The van der Waals surface area contributed by atoms with Crippen molar-refractivity contribution in [2.24, 2.45) is 0 Å². The van der Waals surface area contributed by atoms with Crippen LogP contribution in [0, 0.1) is 10.1 Å². The first-order chi connectivity index (χ1) is 12.9. The van der Waals surface area contributed by atoms with Crippen LogP contribution in [-0.2, 0) is 9.53 Å². The first-order valence-corrected chi connectivity index (χ1v) is 8.21. The van der Waals surface area contributed by atoms with Gasteiger partial charge in [0.2, 0.25) is 0 Å². The second-order valence-corrected chi connectivity index (χ2v) is 6.04. The van der Waals surface area contributed by atoms with Gasteiger partial charge >= 0.3 is 5.97 Å². The summed E-state index contributed by atoms with van der Waals surface area (Å²) in [6, 6.07) is 16.4.